The second kappa shape index (κ2) is 7.37. The highest BCUT2D eigenvalue weighted by atomic mass is 32.2. The molecule has 2 aromatic carbocycles. The maximum Gasteiger partial charge on any atom is 0.0797 e. The molecule has 0 aliphatic rings. The molecule has 1 nitrogen and oxygen atoms in total. The zero-order valence-electron chi connectivity index (χ0n) is 11.3. The minimum atomic E-state index is -0.344. The highest BCUT2D eigenvalue weighted by molar-refractivity contribution is 7.99. The lowest BCUT2D eigenvalue weighted by molar-refractivity contribution is 0.175. The third kappa shape index (κ3) is 4.12. The SMILES string of the molecule is CCSCCC(O)c1ccc(-c2ccccc2)cc1. The van der Waals surface area contributed by atoms with Crippen molar-refractivity contribution in [2.24, 2.45) is 0 Å². The average Bonchev–Trinajstić information content (AvgIpc) is 2.48. The lowest BCUT2D eigenvalue weighted by Gasteiger charge is -2.11. The number of hydrogen-bond acceptors (Lipinski definition) is 2. The Bertz CT molecular complexity index is 478. The molecule has 1 unspecified atom stereocenters. The Kier molecular flexibility index (Phi) is 5.49. The van der Waals surface area contributed by atoms with E-state index in [0.29, 0.717) is 0 Å². The number of benzene rings is 2. The molecule has 0 saturated carbocycles. The molecule has 0 bridgehead atoms. The number of aliphatic hydroxyl groups is 1. The second-order valence-corrected chi connectivity index (χ2v) is 5.88. The van der Waals surface area contributed by atoms with Gasteiger partial charge in [0.1, 0.15) is 0 Å². The average molecular weight is 272 g/mol. The van der Waals surface area contributed by atoms with Crippen molar-refractivity contribution in [2.75, 3.05) is 11.5 Å². The molecule has 0 spiro atoms. The standard InChI is InChI=1S/C17H20OS/c1-2-19-13-12-17(18)16-10-8-15(9-11-16)14-6-4-3-5-7-14/h3-11,17-18H,2,12-13H2,1H3. The van der Waals surface area contributed by atoms with E-state index < -0.39 is 0 Å². The summed E-state index contributed by atoms with van der Waals surface area (Å²) in [5.41, 5.74) is 3.42. The second-order valence-electron chi connectivity index (χ2n) is 4.49. The summed E-state index contributed by atoms with van der Waals surface area (Å²) in [6.45, 7) is 2.14. The van der Waals surface area contributed by atoms with Crippen LogP contribution < -0.4 is 0 Å². The van der Waals surface area contributed by atoms with Crippen molar-refractivity contribution in [2.45, 2.75) is 19.4 Å². The fourth-order valence-corrected chi connectivity index (χ4v) is 2.71. The van der Waals surface area contributed by atoms with Gasteiger partial charge < -0.3 is 5.11 Å². The maximum absolute atomic E-state index is 10.1. The number of aliphatic hydroxyl groups excluding tert-OH is 1. The van der Waals surface area contributed by atoms with Crippen LogP contribution in [0.15, 0.2) is 54.6 Å². The van der Waals surface area contributed by atoms with Crippen LogP contribution in [0.3, 0.4) is 0 Å². The van der Waals surface area contributed by atoms with E-state index in [1.54, 1.807) is 0 Å². The van der Waals surface area contributed by atoms with Crippen molar-refractivity contribution in [3.63, 3.8) is 0 Å². The zero-order valence-corrected chi connectivity index (χ0v) is 12.1. The Morgan fingerprint density at radius 2 is 1.58 bits per heavy atom. The van der Waals surface area contributed by atoms with Gasteiger partial charge in [-0.2, -0.15) is 11.8 Å². The van der Waals surface area contributed by atoms with E-state index in [1.165, 1.54) is 11.1 Å². The van der Waals surface area contributed by atoms with Gasteiger partial charge in [0, 0.05) is 0 Å². The molecule has 1 N–H and O–H groups in total. The van der Waals surface area contributed by atoms with Crippen LogP contribution in [-0.2, 0) is 0 Å². The van der Waals surface area contributed by atoms with Gasteiger partial charge in [-0.25, -0.2) is 0 Å². The molecule has 0 heterocycles. The Balaban J connectivity index is 2.02. The van der Waals surface area contributed by atoms with Gasteiger partial charge in [-0.3, -0.25) is 0 Å². The van der Waals surface area contributed by atoms with Gasteiger partial charge >= 0.3 is 0 Å². The fourth-order valence-electron chi connectivity index (χ4n) is 2.03. The first-order valence-electron chi connectivity index (χ1n) is 6.72. The highest BCUT2D eigenvalue weighted by Gasteiger charge is 2.07. The van der Waals surface area contributed by atoms with E-state index in [1.807, 2.05) is 42.1 Å². The maximum atomic E-state index is 10.1. The summed E-state index contributed by atoms with van der Waals surface area (Å²) in [7, 11) is 0. The van der Waals surface area contributed by atoms with Gasteiger partial charge in [-0.15, -0.1) is 0 Å². The van der Waals surface area contributed by atoms with Gasteiger partial charge in [0.2, 0.25) is 0 Å². The first kappa shape index (κ1) is 14.2. The van der Waals surface area contributed by atoms with Gasteiger partial charge in [0.15, 0.2) is 0 Å². The summed E-state index contributed by atoms with van der Waals surface area (Å²) < 4.78 is 0. The summed E-state index contributed by atoms with van der Waals surface area (Å²) in [5, 5.41) is 10.1. The lowest BCUT2D eigenvalue weighted by atomic mass is 10.0. The van der Waals surface area contributed by atoms with Gasteiger partial charge in [-0.05, 0) is 34.6 Å². The molecular formula is C17H20OS. The molecule has 0 fully saturated rings. The summed E-state index contributed by atoms with van der Waals surface area (Å²) in [5.74, 6) is 2.12. The quantitative estimate of drug-likeness (QED) is 0.780. The molecule has 0 aromatic heterocycles. The predicted molar refractivity (Wildman–Crippen MR) is 84.5 cm³/mol. The number of thioether (sulfide) groups is 1. The number of hydrogen-bond donors (Lipinski definition) is 1. The molecule has 19 heavy (non-hydrogen) atoms. The van der Waals surface area contributed by atoms with Crippen LogP contribution in [0.1, 0.15) is 25.0 Å². The van der Waals surface area contributed by atoms with Crippen LogP contribution in [0.4, 0.5) is 0 Å². The molecule has 2 rings (SSSR count). The fraction of sp³-hybridized carbons (Fsp3) is 0.294. The van der Waals surface area contributed by atoms with E-state index >= 15 is 0 Å². The first-order valence-corrected chi connectivity index (χ1v) is 7.88. The molecule has 0 radical (unpaired) electrons. The van der Waals surface area contributed by atoms with E-state index in [-0.39, 0.29) is 6.10 Å². The summed E-state index contributed by atoms with van der Waals surface area (Å²) in [6.07, 6.45) is 0.479. The zero-order chi connectivity index (χ0) is 13.5. The first-order chi connectivity index (χ1) is 9.31. The molecule has 0 saturated heterocycles. The van der Waals surface area contributed by atoms with Gasteiger partial charge in [0.25, 0.3) is 0 Å². The molecule has 2 heteroatoms. The topological polar surface area (TPSA) is 20.2 Å². The summed E-state index contributed by atoms with van der Waals surface area (Å²) in [4.78, 5) is 0. The minimum absolute atomic E-state index is 0.344. The van der Waals surface area contributed by atoms with Gasteiger partial charge in [-0.1, -0.05) is 61.5 Å². The smallest absolute Gasteiger partial charge is 0.0797 e. The van der Waals surface area contributed by atoms with Crippen LogP contribution in [0, 0.1) is 0 Å². The molecule has 2 aromatic rings. The molecule has 100 valence electrons. The molecule has 1 atom stereocenters. The highest BCUT2D eigenvalue weighted by Crippen LogP contribution is 2.24. The summed E-state index contributed by atoms with van der Waals surface area (Å²) >= 11 is 1.87. The van der Waals surface area contributed by atoms with Crippen molar-refractivity contribution in [3.8, 4) is 11.1 Å². The number of rotatable bonds is 6. The van der Waals surface area contributed by atoms with Crippen molar-refractivity contribution < 1.29 is 5.11 Å². The Hall–Kier alpha value is -1.25. The molecule has 0 aliphatic carbocycles. The minimum Gasteiger partial charge on any atom is -0.388 e. The van der Waals surface area contributed by atoms with Crippen molar-refractivity contribution in [1.29, 1.82) is 0 Å². The molecule has 0 aliphatic heterocycles. The van der Waals surface area contributed by atoms with Crippen LogP contribution >= 0.6 is 11.8 Å². The molecule has 0 amide bonds. The van der Waals surface area contributed by atoms with Crippen LogP contribution in [-0.4, -0.2) is 16.6 Å². The largest absolute Gasteiger partial charge is 0.388 e. The predicted octanol–water partition coefficient (Wildman–Crippen LogP) is 4.53. The lowest BCUT2D eigenvalue weighted by Crippen LogP contribution is -1.99. The van der Waals surface area contributed by atoms with Crippen molar-refractivity contribution >= 4 is 11.8 Å². The van der Waals surface area contributed by atoms with E-state index in [9.17, 15) is 5.11 Å². The third-order valence-electron chi connectivity index (χ3n) is 3.14. The Morgan fingerprint density at radius 1 is 0.947 bits per heavy atom. The monoisotopic (exact) mass is 272 g/mol. The van der Waals surface area contributed by atoms with Crippen molar-refractivity contribution in [1.82, 2.24) is 0 Å². The normalized spacial score (nSPS) is 12.3. The summed E-state index contributed by atoms with van der Waals surface area (Å²) in [6, 6.07) is 18.5. The van der Waals surface area contributed by atoms with E-state index in [2.05, 4.69) is 31.2 Å². The van der Waals surface area contributed by atoms with Crippen molar-refractivity contribution in [3.05, 3.63) is 60.2 Å². The van der Waals surface area contributed by atoms with Gasteiger partial charge in [0.05, 0.1) is 6.10 Å². The molecular weight excluding hydrogens is 252 g/mol. The Labute approximate surface area is 119 Å². The Morgan fingerprint density at radius 3 is 2.21 bits per heavy atom. The van der Waals surface area contributed by atoms with Crippen LogP contribution in [0.5, 0.6) is 0 Å². The van der Waals surface area contributed by atoms with E-state index in [0.717, 1.165) is 23.5 Å². The third-order valence-corrected chi connectivity index (χ3v) is 4.07. The van der Waals surface area contributed by atoms with Crippen LogP contribution in [0.2, 0.25) is 0 Å². The van der Waals surface area contributed by atoms with E-state index in [4.69, 9.17) is 0 Å². The van der Waals surface area contributed by atoms with Crippen LogP contribution in [0.25, 0.3) is 11.1 Å².